The summed E-state index contributed by atoms with van der Waals surface area (Å²) in [5.74, 6) is 0.0419. The summed E-state index contributed by atoms with van der Waals surface area (Å²) in [6, 6.07) is 9.79. The SMILES string of the molecule is NCC(CO[SH](=O)=O)Cc1ccccc1. The van der Waals surface area contributed by atoms with Crippen LogP contribution >= 0.6 is 0 Å². The van der Waals surface area contributed by atoms with Gasteiger partial charge in [-0.05, 0) is 24.4 Å². The highest BCUT2D eigenvalue weighted by molar-refractivity contribution is 7.67. The molecule has 0 radical (unpaired) electrons. The van der Waals surface area contributed by atoms with Crippen LogP contribution in [-0.2, 0) is 21.6 Å². The molecule has 2 N–H and O–H groups in total. The summed E-state index contributed by atoms with van der Waals surface area (Å²) in [4.78, 5) is 0. The van der Waals surface area contributed by atoms with E-state index in [0.717, 1.165) is 12.0 Å². The molecule has 0 saturated carbocycles. The van der Waals surface area contributed by atoms with E-state index in [9.17, 15) is 8.42 Å². The fraction of sp³-hybridized carbons (Fsp3) is 0.400. The third kappa shape index (κ3) is 4.92. The van der Waals surface area contributed by atoms with Gasteiger partial charge in [0, 0.05) is 0 Å². The maximum absolute atomic E-state index is 10.2. The van der Waals surface area contributed by atoms with Gasteiger partial charge in [0.25, 0.3) is 11.0 Å². The fourth-order valence-electron chi connectivity index (χ4n) is 1.32. The van der Waals surface area contributed by atoms with E-state index in [2.05, 4.69) is 4.18 Å². The lowest BCUT2D eigenvalue weighted by Gasteiger charge is -2.12. The Morgan fingerprint density at radius 3 is 2.47 bits per heavy atom. The molecule has 0 heterocycles. The van der Waals surface area contributed by atoms with Crippen molar-refractivity contribution in [2.75, 3.05) is 13.2 Å². The molecule has 0 bridgehead atoms. The Hall–Kier alpha value is -0.910. The number of rotatable bonds is 6. The normalized spacial score (nSPS) is 12.9. The van der Waals surface area contributed by atoms with Crippen molar-refractivity contribution in [2.24, 2.45) is 11.7 Å². The number of hydrogen-bond donors (Lipinski definition) is 2. The molecule has 0 spiro atoms. The van der Waals surface area contributed by atoms with Crippen molar-refractivity contribution in [1.82, 2.24) is 0 Å². The molecule has 1 aromatic carbocycles. The van der Waals surface area contributed by atoms with Crippen molar-refractivity contribution in [3.8, 4) is 0 Å². The van der Waals surface area contributed by atoms with Gasteiger partial charge >= 0.3 is 0 Å². The van der Waals surface area contributed by atoms with Crippen LogP contribution in [0.4, 0.5) is 0 Å². The zero-order valence-electron chi connectivity index (χ0n) is 8.33. The second kappa shape index (κ2) is 6.55. The van der Waals surface area contributed by atoms with Crippen LogP contribution in [0.25, 0.3) is 0 Å². The second-order valence-corrected chi connectivity index (χ2v) is 4.02. The molecule has 0 fully saturated rings. The van der Waals surface area contributed by atoms with E-state index in [1.807, 2.05) is 30.3 Å². The first-order valence-corrected chi connectivity index (χ1v) is 5.83. The van der Waals surface area contributed by atoms with Gasteiger partial charge in [0.1, 0.15) is 0 Å². The lowest BCUT2D eigenvalue weighted by Crippen LogP contribution is -2.22. The van der Waals surface area contributed by atoms with Crippen molar-refractivity contribution in [1.29, 1.82) is 0 Å². The molecule has 0 aliphatic carbocycles. The summed E-state index contributed by atoms with van der Waals surface area (Å²) in [6.45, 7) is 0.572. The molecule has 0 amide bonds. The summed E-state index contributed by atoms with van der Waals surface area (Å²) in [5, 5.41) is 0. The molecule has 15 heavy (non-hydrogen) atoms. The lowest BCUT2D eigenvalue weighted by atomic mass is 10.0. The van der Waals surface area contributed by atoms with E-state index in [1.54, 1.807) is 0 Å². The highest BCUT2D eigenvalue weighted by Gasteiger charge is 2.08. The second-order valence-electron chi connectivity index (χ2n) is 3.31. The molecule has 1 rings (SSSR count). The first kappa shape index (κ1) is 12.2. The molecular weight excluding hydrogens is 214 g/mol. The van der Waals surface area contributed by atoms with Gasteiger partial charge in [-0.25, -0.2) is 8.42 Å². The first-order chi connectivity index (χ1) is 7.22. The molecular formula is C10H15NO3S. The van der Waals surface area contributed by atoms with Crippen molar-refractivity contribution >= 4 is 11.0 Å². The van der Waals surface area contributed by atoms with Crippen LogP contribution in [0.15, 0.2) is 30.3 Å². The van der Waals surface area contributed by atoms with Crippen LogP contribution in [0.5, 0.6) is 0 Å². The van der Waals surface area contributed by atoms with Gasteiger partial charge in [-0.3, -0.25) is 4.18 Å². The minimum atomic E-state index is -2.77. The smallest absolute Gasteiger partial charge is 0.257 e. The van der Waals surface area contributed by atoms with E-state index in [1.165, 1.54) is 0 Å². The van der Waals surface area contributed by atoms with Crippen LogP contribution in [0.2, 0.25) is 0 Å². The highest BCUT2D eigenvalue weighted by atomic mass is 32.2. The van der Waals surface area contributed by atoms with Crippen molar-refractivity contribution in [3.63, 3.8) is 0 Å². The fourth-order valence-corrected chi connectivity index (χ4v) is 1.66. The Balaban J connectivity index is 2.46. The molecule has 1 unspecified atom stereocenters. The molecule has 4 nitrogen and oxygen atoms in total. The number of nitrogens with two attached hydrogens (primary N) is 1. The van der Waals surface area contributed by atoms with Crippen molar-refractivity contribution in [2.45, 2.75) is 6.42 Å². The Morgan fingerprint density at radius 2 is 1.93 bits per heavy atom. The molecule has 0 aliphatic heterocycles. The van der Waals surface area contributed by atoms with Gasteiger partial charge in [0.2, 0.25) is 0 Å². The van der Waals surface area contributed by atoms with E-state index < -0.39 is 11.0 Å². The van der Waals surface area contributed by atoms with E-state index >= 15 is 0 Å². The van der Waals surface area contributed by atoms with Crippen molar-refractivity contribution < 1.29 is 12.6 Å². The summed E-state index contributed by atoms with van der Waals surface area (Å²) >= 11 is 0. The molecule has 1 atom stereocenters. The first-order valence-electron chi connectivity index (χ1n) is 4.73. The molecule has 5 heteroatoms. The van der Waals surface area contributed by atoms with Crippen LogP contribution in [-0.4, -0.2) is 21.6 Å². The van der Waals surface area contributed by atoms with E-state index in [4.69, 9.17) is 5.73 Å². The zero-order chi connectivity index (χ0) is 11.1. The Kier molecular flexibility index (Phi) is 5.31. The standard InChI is InChI=1S/C10H15NO3S/c11-7-10(8-14-15(12)13)6-9-4-2-1-3-5-9/h1-5,10,15H,6-8,11H2. The van der Waals surface area contributed by atoms with Crippen LogP contribution in [0, 0.1) is 5.92 Å². The van der Waals surface area contributed by atoms with Crippen LogP contribution in [0.3, 0.4) is 0 Å². The Bertz CT molecular complexity index is 343. The van der Waals surface area contributed by atoms with Crippen LogP contribution < -0.4 is 5.73 Å². The van der Waals surface area contributed by atoms with Gasteiger partial charge in [-0.1, -0.05) is 30.3 Å². The zero-order valence-corrected chi connectivity index (χ0v) is 9.23. The molecule has 0 aromatic heterocycles. The maximum atomic E-state index is 10.2. The van der Waals surface area contributed by atoms with Gasteiger partial charge < -0.3 is 5.73 Å². The summed E-state index contributed by atoms with van der Waals surface area (Å²) in [7, 11) is -2.77. The monoisotopic (exact) mass is 229 g/mol. The molecule has 1 aromatic rings. The summed E-state index contributed by atoms with van der Waals surface area (Å²) < 4.78 is 25.0. The molecule has 0 aliphatic rings. The minimum Gasteiger partial charge on any atom is -0.330 e. The van der Waals surface area contributed by atoms with Crippen molar-refractivity contribution in [3.05, 3.63) is 35.9 Å². The third-order valence-corrected chi connectivity index (χ3v) is 2.48. The average Bonchev–Trinajstić information content (AvgIpc) is 2.25. The molecule has 84 valence electrons. The van der Waals surface area contributed by atoms with E-state index in [0.29, 0.717) is 6.54 Å². The lowest BCUT2D eigenvalue weighted by molar-refractivity contribution is 0.267. The number of benzene rings is 1. The molecule has 0 saturated heterocycles. The van der Waals surface area contributed by atoms with E-state index in [-0.39, 0.29) is 12.5 Å². The number of thiol groups is 1. The minimum absolute atomic E-state index is 0.0419. The topological polar surface area (TPSA) is 69.4 Å². The predicted molar refractivity (Wildman–Crippen MR) is 59.0 cm³/mol. The number of hydrogen-bond acceptors (Lipinski definition) is 4. The van der Waals surface area contributed by atoms with Crippen LogP contribution in [0.1, 0.15) is 5.56 Å². The summed E-state index contributed by atoms with van der Waals surface area (Å²) in [6.07, 6.45) is 0.737. The average molecular weight is 229 g/mol. The van der Waals surface area contributed by atoms with Gasteiger partial charge in [0.15, 0.2) is 0 Å². The highest BCUT2D eigenvalue weighted by Crippen LogP contribution is 2.08. The maximum Gasteiger partial charge on any atom is 0.257 e. The van der Waals surface area contributed by atoms with Gasteiger partial charge in [-0.2, -0.15) is 0 Å². The summed E-state index contributed by atoms with van der Waals surface area (Å²) in [5.41, 5.74) is 6.67. The largest absolute Gasteiger partial charge is 0.330 e. The van der Waals surface area contributed by atoms with Gasteiger partial charge in [0.05, 0.1) is 6.61 Å². The van der Waals surface area contributed by atoms with Gasteiger partial charge in [-0.15, -0.1) is 0 Å². The quantitative estimate of drug-likeness (QED) is 0.690. The Morgan fingerprint density at radius 1 is 1.27 bits per heavy atom. The Labute approximate surface area is 91.2 Å². The third-order valence-electron chi connectivity index (χ3n) is 2.12. The predicted octanol–water partition coefficient (Wildman–Crippen LogP) is 0.347.